The maximum absolute atomic E-state index is 12.1. The SMILES string of the molecule is CNC1COCC1C(=O)Nc1ccc([N+](=O)[O-])c(Cl)c1. The van der Waals surface area contributed by atoms with Crippen LogP contribution in [0.5, 0.6) is 0 Å². The van der Waals surface area contributed by atoms with Gasteiger partial charge in [0.15, 0.2) is 0 Å². The van der Waals surface area contributed by atoms with Gasteiger partial charge in [0.05, 0.1) is 24.1 Å². The van der Waals surface area contributed by atoms with Crippen LogP contribution >= 0.6 is 11.6 Å². The molecule has 1 aliphatic heterocycles. The summed E-state index contributed by atoms with van der Waals surface area (Å²) in [5.41, 5.74) is 0.231. The molecule has 2 N–H and O–H groups in total. The fourth-order valence-electron chi connectivity index (χ4n) is 2.06. The van der Waals surface area contributed by atoms with Crippen molar-refractivity contribution in [2.24, 2.45) is 5.92 Å². The fourth-order valence-corrected chi connectivity index (χ4v) is 2.31. The number of ether oxygens (including phenoxy) is 1. The quantitative estimate of drug-likeness (QED) is 0.648. The average molecular weight is 300 g/mol. The molecule has 1 aliphatic rings. The van der Waals surface area contributed by atoms with E-state index in [1.807, 2.05) is 0 Å². The normalized spacial score (nSPS) is 21.7. The highest BCUT2D eigenvalue weighted by atomic mass is 35.5. The van der Waals surface area contributed by atoms with Gasteiger partial charge in [0, 0.05) is 17.8 Å². The molecule has 0 aliphatic carbocycles. The lowest BCUT2D eigenvalue weighted by Gasteiger charge is -2.16. The first kappa shape index (κ1) is 14.7. The Bertz CT molecular complexity index is 537. The van der Waals surface area contributed by atoms with Crippen LogP contribution in [0.4, 0.5) is 11.4 Å². The van der Waals surface area contributed by atoms with Gasteiger partial charge < -0.3 is 15.4 Å². The number of carbonyl (C=O) groups is 1. The lowest BCUT2D eigenvalue weighted by molar-refractivity contribution is -0.384. The number of nitrogens with one attached hydrogen (secondary N) is 2. The first-order valence-corrected chi connectivity index (χ1v) is 6.40. The molecule has 0 aromatic heterocycles. The van der Waals surface area contributed by atoms with Crippen molar-refractivity contribution in [3.05, 3.63) is 33.3 Å². The second-order valence-corrected chi connectivity index (χ2v) is 4.86. The molecule has 1 aromatic carbocycles. The summed E-state index contributed by atoms with van der Waals surface area (Å²) in [7, 11) is 1.77. The summed E-state index contributed by atoms with van der Waals surface area (Å²) in [6.45, 7) is 0.827. The van der Waals surface area contributed by atoms with Crippen LogP contribution in [0.25, 0.3) is 0 Å². The highest BCUT2D eigenvalue weighted by molar-refractivity contribution is 6.33. The summed E-state index contributed by atoms with van der Waals surface area (Å²) >= 11 is 5.79. The van der Waals surface area contributed by atoms with E-state index >= 15 is 0 Å². The number of anilines is 1. The first-order valence-electron chi connectivity index (χ1n) is 6.02. The van der Waals surface area contributed by atoms with Crippen molar-refractivity contribution in [3.63, 3.8) is 0 Å². The molecule has 0 bridgehead atoms. The van der Waals surface area contributed by atoms with Gasteiger partial charge in [-0.15, -0.1) is 0 Å². The summed E-state index contributed by atoms with van der Waals surface area (Å²) in [4.78, 5) is 22.2. The van der Waals surface area contributed by atoms with Crippen molar-refractivity contribution in [1.82, 2.24) is 5.32 Å². The van der Waals surface area contributed by atoms with E-state index in [-0.39, 0.29) is 28.6 Å². The number of nitrogens with zero attached hydrogens (tertiary/aromatic N) is 1. The lowest BCUT2D eigenvalue weighted by Crippen LogP contribution is -2.39. The molecule has 20 heavy (non-hydrogen) atoms. The van der Waals surface area contributed by atoms with Crippen molar-refractivity contribution >= 4 is 28.9 Å². The Morgan fingerprint density at radius 2 is 2.25 bits per heavy atom. The minimum Gasteiger partial charge on any atom is -0.379 e. The van der Waals surface area contributed by atoms with Gasteiger partial charge in [-0.25, -0.2) is 0 Å². The highest BCUT2D eigenvalue weighted by Crippen LogP contribution is 2.27. The van der Waals surface area contributed by atoms with Gasteiger partial charge in [0.2, 0.25) is 5.91 Å². The average Bonchev–Trinajstić information content (AvgIpc) is 2.86. The van der Waals surface area contributed by atoms with Crippen LogP contribution in [-0.4, -0.2) is 37.1 Å². The van der Waals surface area contributed by atoms with Gasteiger partial charge in [0.25, 0.3) is 5.69 Å². The van der Waals surface area contributed by atoms with Crippen LogP contribution in [0.3, 0.4) is 0 Å². The molecule has 0 saturated carbocycles. The number of amides is 1. The Labute approximate surface area is 120 Å². The number of nitro benzene ring substituents is 1. The molecular formula is C12H14ClN3O4. The lowest BCUT2D eigenvalue weighted by atomic mass is 10.0. The summed E-state index contributed by atoms with van der Waals surface area (Å²) < 4.78 is 5.26. The van der Waals surface area contributed by atoms with Gasteiger partial charge in [-0.2, -0.15) is 0 Å². The molecule has 1 amide bonds. The molecular weight excluding hydrogens is 286 g/mol. The largest absolute Gasteiger partial charge is 0.379 e. The zero-order valence-corrected chi connectivity index (χ0v) is 11.5. The van der Waals surface area contributed by atoms with E-state index in [0.717, 1.165) is 0 Å². The minimum atomic E-state index is -0.574. The van der Waals surface area contributed by atoms with E-state index in [4.69, 9.17) is 16.3 Å². The van der Waals surface area contributed by atoms with Crippen molar-refractivity contribution < 1.29 is 14.5 Å². The third-order valence-corrected chi connectivity index (χ3v) is 3.50. The number of rotatable bonds is 4. The fraction of sp³-hybridized carbons (Fsp3) is 0.417. The number of halogens is 1. The van der Waals surface area contributed by atoms with E-state index in [2.05, 4.69) is 10.6 Å². The molecule has 1 heterocycles. The second kappa shape index (κ2) is 6.17. The highest BCUT2D eigenvalue weighted by Gasteiger charge is 2.33. The van der Waals surface area contributed by atoms with E-state index in [1.54, 1.807) is 7.05 Å². The van der Waals surface area contributed by atoms with Crippen molar-refractivity contribution in [2.75, 3.05) is 25.6 Å². The number of likely N-dealkylation sites (N-methyl/N-ethyl adjacent to an activating group) is 1. The summed E-state index contributed by atoms with van der Waals surface area (Å²) in [5.74, 6) is -0.499. The maximum Gasteiger partial charge on any atom is 0.288 e. The first-order chi connectivity index (χ1) is 9.52. The number of hydrogen-bond donors (Lipinski definition) is 2. The van der Waals surface area contributed by atoms with E-state index in [9.17, 15) is 14.9 Å². The van der Waals surface area contributed by atoms with Crippen LogP contribution in [0.2, 0.25) is 5.02 Å². The smallest absolute Gasteiger partial charge is 0.288 e. The Balaban J connectivity index is 2.08. The van der Waals surface area contributed by atoms with E-state index in [1.165, 1.54) is 18.2 Å². The van der Waals surface area contributed by atoms with Crippen LogP contribution in [0.15, 0.2) is 18.2 Å². The van der Waals surface area contributed by atoms with E-state index < -0.39 is 4.92 Å². The monoisotopic (exact) mass is 299 g/mol. The number of benzene rings is 1. The molecule has 2 unspecified atom stereocenters. The van der Waals surface area contributed by atoms with Crippen LogP contribution < -0.4 is 10.6 Å². The molecule has 8 heteroatoms. The number of hydrogen-bond acceptors (Lipinski definition) is 5. The molecule has 1 aromatic rings. The third-order valence-electron chi connectivity index (χ3n) is 3.20. The topological polar surface area (TPSA) is 93.5 Å². The van der Waals surface area contributed by atoms with Crippen molar-refractivity contribution in [1.29, 1.82) is 0 Å². The third kappa shape index (κ3) is 3.06. The zero-order valence-electron chi connectivity index (χ0n) is 10.8. The van der Waals surface area contributed by atoms with Crippen molar-refractivity contribution in [3.8, 4) is 0 Å². The summed E-state index contributed by atoms with van der Waals surface area (Å²) in [5, 5.41) is 16.3. The van der Waals surface area contributed by atoms with Gasteiger partial charge in [-0.3, -0.25) is 14.9 Å². The molecule has 2 atom stereocenters. The summed E-state index contributed by atoms with van der Waals surface area (Å²) in [6.07, 6.45) is 0. The van der Waals surface area contributed by atoms with Gasteiger partial charge in [0.1, 0.15) is 5.02 Å². The Kier molecular flexibility index (Phi) is 4.53. The molecule has 0 spiro atoms. The molecule has 108 valence electrons. The summed E-state index contributed by atoms with van der Waals surface area (Å²) in [6, 6.07) is 4.04. The Morgan fingerprint density at radius 3 is 2.85 bits per heavy atom. The standard InChI is InChI=1S/C12H14ClN3O4/c1-14-10-6-20-5-8(10)12(17)15-7-2-3-11(16(18)19)9(13)4-7/h2-4,8,10,14H,5-6H2,1H3,(H,15,17). The zero-order chi connectivity index (χ0) is 14.7. The predicted octanol–water partition coefficient (Wildman–Crippen LogP) is 1.42. The van der Waals surface area contributed by atoms with Crippen LogP contribution in [-0.2, 0) is 9.53 Å². The molecule has 2 rings (SSSR count). The Hall–Kier alpha value is -1.70. The van der Waals surface area contributed by atoms with Gasteiger partial charge in [-0.1, -0.05) is 11.6 Å². The number of carbonyl (C=O) groups excluding carboxylic acids is 1. The minimum absolute atomic E-state index is 0.0133. The van der Waals surface area contributed by atoms with Gasteiger partial charge >= 0.3 is 0 Å². The predicted molar refractivity (Wildman–Crippen MR) is 73.9 cm³/mol. The van der Waals surface area contributed by atoms with Gasteiger partial charge in [-0.05, 0) is 19.2 Å². The molecule has 1 saturated heterocycles. The van der Waals surface area contributed by atoms with Crippen LogP contribution in [0.1, 0.15) is 0 Å². The number of nitro groups is 1. The van der Waals surface area contributed by atoms with Crippen molar-refractivity contribution in [2.45, 2.75) is 6.04 Å². The van der Waals surface area contributed by atoms with E-state index in [0.29, 0.717) is 18.9 Å². The molecule has 0 radical (unpaired) electrons. The van der Waals surface area contributed by atoms with Crippen LogP contribution in [0, 0.1) is 16.0 Å². The Morgan fingerprint density at radius 1 is 1.50 bits per heavy atom. The second-order valence-electron chi connectivity index (χ2n) is 4.45. The molecule has 7 nitrogen and oxygen atoms in total. The maximum atomic E-state index is 12.1. The molecule has 1 fully saturated rings.